The summed E-state index contributed by atoms with van der Waals surface area (Å²) in [6.07, 6.45) is 0. The molecule has 78 valence electrons. The highest BCUT2D eigenvalue weighted by molar-refractivity contribution is 6.41. The smallest absolute Gasteiger partial charge is 0.154 e. The molecule has 0 fully saturated rings. The largest absolute Gasteiger partial charge is 0.395 e. The number of benzene rings is 1. The molecule has 0 aliphatic carbocycles. The van der Waals surface area contributed by atoms with Crippen molar-refractivity contribution in [3.05, 3.63) is 33.9 Å². The van der Waals surface area contributed by atoms with Crippen molar-refractivity contribution in [3.8, 4) is 0 Å². The van der Waals surface area contributed by atoms with E-state index >= 15 is 0 Å². The van der Waals surface area contributed by atoms with Gasteiger partial charge in [0.25, 0.3) is 0 Å². The molecule has 2 N–H and O–H groups in total. The summed E-state index contributed by atoms with van der Waals surface area (Å²) in [7, 11) is 0. The van der Waals surface area contributed by atoms with Crippen LogP contribution in [0.5, 0.6) is 0 Å². The first-order valence-corrected chi connectivity index (χ1v) is 4.65. The van der Waals surface area contributed by atoms with Crippen molar-refractivity contribution in [2.24, 2.45) is 0 Å². The summed E-state index contributed by atoms with van der Waals surface area (Å²) in [5.74, 6) is -1.56. The number of hydrogen-bond donors (Lipinski definition) is 1. The second kappa shape index (κ2) is 3.47. The Hall–Kier alpha value is -1.13. The summed E-state index contributed by atoms with van der Waals surface area (Å²) in [4.78, 5) is 3.73. The first kappa shape index (κ1) is 10.4. The van der Waals surface area contributed by atoms with Gasteiger partial charge in [-0.15, -0.1) is 0 Å². The van der Waals surface area contributed by atoms with Gasteiger partial charge in [-0.1, -0.05) is 23.2 Å². The second-order valence-corrected chi connectivity index (χ2v) is 3.65. The number of nitrogens with two attached hydrogens (primary N) is 1. The van der Waals surface area contributed by atoms with Crippen molar-refractivity contribution >= 4 is 39.8 Å². The second-order valence-electron chi connectivity index (χ2n) is 2.91. The lowest BCUT2D eigenvalue weighted by Gasteiger charge is -2.06. The van der Waals surface area contributed by atoms with Crippen LogP contribution in [0.3, 0.4) is 0 Å². The van der Waals surface area contributed by atoms with Gasteiger partial charge >= 0.3 is 0 Å². The van der Waals surface area contributed by atoms with Crippen LogP contribution in [-0.2, 0) is 0 Å². The number of rotatable bonds is 0. The Morgan fingerprint density at radius 3 is 2.53 bits per heavy atom. The number of halogens is 4. The zero-order valence-electron chi connectivity index (χ0n) is 7.19. The Kier molecular flexibility index (Phi) is 2.40. The van der Waals surface area contributed by atoms with Crippen molar-refractivity contribution < 1.29 is 8.78 Å². The first-order valence-electron chi connectivity index (χ1n) is 3.90. The Morgan fingerprint density at radius 1 is 1.20 bits per heavy atom. The molecule has 0 atom stereocenters. The van der Waals surface area contributed by atoms with Crippen LogP contribution in [0.25, 0.3) is 10.9 Å². The van der Waals surface area contributed by atoms with Crippen LogP contribution < -0.4 is 5.73 Å². The lowest BCUT2D eigenvalue weighted by atomic mass is 10.2. The van der Waals surface area contributed by atoms with Crippen LogP contribution in [-0.4, -0.2) is 4.98 Å². The van der Waals surface area contributed by atoms with Crippen LogP contribution in [0, 0.1) is 11.6 Å². The topological polar surface area (TPSA) is 38.9 Å². The quantitative estimate of drug-likeness (QED) is 0.726. The van der Waals surface area contributed by atoms with Crippen molar-refractivity contribution in [1.82, 2.24) is 4.98 Å². The van der Waals surface area contributed by atoms with Gasteiger partial charge in [0.15, 0.2) is 5.15 Å². The van der Waals surface area contributed by atoms with E-state index in [-0.39, 0.29) is 26.8 Å². The molecular formula is C9H4Cl2F2N2. The third-order valence-electron chi connectivity index (χ3n) is 1.93. The average molecular weight is 249 g/mol. The van der Waals surface area contributed by atoms with Crippen LogP contribution >= 0.6 is 23.2 Å². The molecule has 1 heterocycles. The number of nitrogens with zero attached hydrogens (tertiary/aromatic N) is 1. The lowest BCUT2D eigenvalue weighted by molar-refractivity contribution is 0.591. The fourth-order valence-corrected chi connectivity index (χ4v) is 1.77. The van der Waals surface area contributed by atoms with Crippen molar-refractivity contribution in [2.75, 3.05) is 5.73 Å². The van der Waals surface area contributed by atoms with Crippen LogP contribution in [0.1, 0.15) is 0 Å². The fourth-order valence-electron chi connectivity index (χ4n) is 1.26. The molecule has 1 aromatic carbocycles. The van der Waals surface area contributed by atoms with Crippen molar-refractivity contribution in [3.63, 3.8) is 0 Å². The van der Waals surface area contributed by atoms with Crippen molar-refractivity contribution in [1.29, 1.82) is 0 Å². The number of hydrogen-bond acceptors (Lipinski definition) is 2. The highest BCUT2D eigenvalue weighted by Gasteiger charge is 2.14. The van der Waals surface area contributed by atoms with Crippen LogP contribution in [0.2, 0.25) is 10.2 Å². The van der Waals surface area contributed by atoms with Gasteiger partial charge in [0.05, 0.1) is 21.6 Å². The third kappa shape index (κ3) is 1.60. The molecule has 1 aromatic heterocycles. The normalized spacial score (nSPS) is 10.9. The lowest BCUT2D eigenvalue weighted by Crippen LogP contribution is -1.95. The van der Waals surface area contributed by atoms with Gasteiger partial charge in [-0.3, -0.25) is 0 Å². The summed E-state index contributed by atoms with van der Waals surface area (Å²) >= 11 is 11.4. The highest BCUT2D eigenvalue weighted by atomic mass is 35.5. The van der Waals surface area contributed by atoms with E-state index < -0.39 is 11.6 Å². The van der Waals surface area contributed by atoms with E-state index in [1.165, 1.54) is 0 Å². The third-order valence-corrected chi connectivity index (χ3v) is 2.61. The van der Waals surface area contributed by atoms with Crippen molar-refractivity contribution in [2.45, 2.75) is 0 Å². The molecule has 6 heteroatoms. The molecule has 0 saturated carbocycles. The van der Waals surface area contributed by atoms with Gasteiger partial charge in [-0.05, 0) is 0 Å². The maximum atomic E-state index is 13.4. The van der Waals surface area contributed by atoms with E-state index in [1.807, 2.05) is 0 Å². The van der Waals surface area contributed by atoms with E-state index in [0.717, 1.165) is 6.07 Å². The molecule has 0 amide bonds. The number of aromatic nitrogens is 1. The number of nitrogen functional groups attached to an aromatic ring is 1. The molecule has 0 saturated heterocycles. The van der Waals surface area contributed by atoms with Gasteiger partial charge in [0, 0.05) is 12.1 Å². The van der Waals surface area contributed by atoms with Gasteiger partial charge in [-0.25, -0.2) is 13.8 Å². The number of pyridine rings is 1. The maximum Gasteiger partial charge on any atom is 0.154 e. The average Bonchev–Trinajstić information content (AvgIpc) is 2.13. The van der Waals surface area contributed by atoms with E-state index in [0.29, 0.717) is 6.07 Å². The standard InChI is InChI=1S/C9H4Cl2F2N2/c10-7-6-4(13)1-3(12)2-5(6)15-9(11)8(7)14/h1-2H,14H2. The Balaban J connectivity index is 2.99. The molecular weight excluding hydrogens is 245 g/mol. The molecule has 0 radical (unpaired) electrons. The summed E-state index contributed by atoms with van der Waals surface area (Å²) in [5, 5.41) is -0.153. The Labute approximate surface area is 93.6 Å². The zero-order valence-corrected chi connectivity index (χ0v) is 8.70. The van der Waals surface area contributed by atoms with Gasteiger partial charge in [-0.2, -0.15) is 0 Å². The molecule has 2 rings (SSSR count). The molecule has 2 aromatic rings. The van der Waals surface area contributed by atoms with Gasteiger partial charge in [0.1, 0.15) is 11.6 Å². The molecule has 0 spiro atoms. The molecule has 15 heavy (non-hydrogen) atoms. The summed E-state index contributed by atoms with van der Waals surface area (Å²) in [6.45, 7) is 0. The van der Waals surface area contributed by atoms with E-state index in [4.69, 9.17) is 28.9 Å². The molecule has 0 bridgehead atoms. The first-order chi connectivity index (χ1) is 7.00. The summed E-state index contributed by atoms with van der Waals surface area (Å²) in [5.41, 5.74) is 5.49. The monoisotopic (exact) mass is 248 g/mol. The molecule has 0 aliphatic rings. The summed E-state index contributed by atoms with van der Waals surface area (Å²) < 4.78 is 26.2. The predicted molar refractivity (Wildman–Crippen MR) is 56.1 cm³/mol. The van der Waals surface area contributed by atoms with Crippen LogP contribution in [0.4, 0.5) is 14.5 Å². The van der Waals surface area contributed by atoms with Gasteiger partial charge in [0.2, 0.25) is 0 Å². The zero-order chi connectivity index (χ0) is 11.2. The minimum Gasteiger partial charge on any atom is -0.395 e. The molecule has 0 aliphatic heterocycles. The Bertz CT molecular complexity index is 558. The van der Waals surface area contributed by atoms with Crippen LogP contribution in [0.15, 0.2) is 12.1 Å². The van der Waals surface area contributed by atoms with E-state index in [9.17, 15) is 8.78 Å². The fraction of sp³-hybridized carbons (Fsp3) is 0. The number of fused-ring (bicyclic) bond motifs is 1. The minimum atomic E-state index is -0.814. The number of anilines is 1. The molecule has 0 unspecified atom stereocenters. The van der Waals surface area contributed by atoms with E-state index in [1.54, 1.807) is 0 Å². The Morgan fingerprint density at radius 2 is 1.87 bits per heavy atom. The minimum absolute atomic E-state index is 0.0173. The summed E-state index contributed by atoms with van der Waals surface area (Å²) in [6, 6.07) is 1.75. The SMILES string of the molecule is Nc1c(Cl)nc2cc(F)cc(F)c2c1Cl. The van der Waals surface area contributed by atoms with E-state index in [2.05, 4.69) is 4.98 Å². The highest BCUT2D eigenvalue weighted by Crippen LogP contribution is 2.34. The maximum absolute atomic E-state index is 13.4. The van der Waals surface area contributed by atoms with Gasteiger partial charge < -0.3 is 5.73 Å². The molecule has 2 nitrogen and oxygen atoms in total. The predicted octanol–water partition coefficient (Wildman–Crippen LogP) is 3.40.